The van der Waals surface area contributed by atoms with Gasteiger partial charge in [0.1, 0.15) is 0 Å². The van der Waals surface area contributed by atoms with E-state index in [0.717, 1.165) is 30.6 Å². The van der Waals surface area contributed by atoms with E-state index in [0.29, 0.717) is 6.54 Å². The monoisotopic (exact) mass is 232 g/mol. The number of aromatic nitrogens is 2. The summed E-state index contributed by atoms with van der Waals surface area (Å²) < 4.78 is 7.37. The van der Waals surface area contributed by atoms with Crippen LogP contribution in [0.15, 0.2) is 22.9 Å². The molecule has 0 saturated heterocycles. The van der Waals surface area contributed by atoms with Crippen LogP contribution < -0.4 is 0 Å². The van der Waals surface area contributed by atoms with Crippen LogP contribution in [-0.2, 0) is 13.0 Å². The van der Waals surface area contributed by atoms with Gasteiger partial charge in [-0.15, -0.1) is 0 Å². The molecule has 2 aromatic heterocycles. The summed E-state index contributed by atoms with van der Waals surface area (Å²) in [5.41, 5.74) is 3.51. The number of fused-ring (bicyclic) bond motifs is 1. The molecule has 0 aromatic carbocycles. The average molecular weight is 232 g/mol. The predicted octanol–water partition coefficient (Wildman–Crippen LogP) is 2.20. The van der Waals surface area contributed by atoms with E-state index in [4.69, 9.17) is 4.52 Å². The van der Waals surface area contributed by atoms with Crippen molar-refractivity contribution in [2.24, 2.45) is 0 Å². The molecular weight excluding hydrogens is 216 g/mol. The molecule has 0 amide bonds. The van der Waals surface area contributed by atoms with E-state index in [2.05, 4.69) is 22.7 Å². The van der Waals surface area contributed by atoms with Crippen molar-refractivity contribution in [3.8, 4) is 0 Å². The molecule has 4 heteroatoms. The Labute approximate surface area is 99.9 Å². The van der Waals surface area contributed by atoms with Crippen LogP contribution in [0.2, 0.25) is 0 Å². The lowest BCUT2D eigenvalue weighted by Gasteiger charge is -2.20. The summed E-state index contributed by atoms with van der Waals surface area (Å²) in [6.07, 6.45) is 4.32. The smallest absolute Gasteiger partial charge is 0.156 e. The molecule has 1 unspecified atom stereocenters. The normalized spacial score (nSPS) is 19.3. The van der Waals surface area contributed by atoms with Crippen LogP contribution in [0.1, 0.15) is 41.7 Å². The van der Waals surface area contributed by atoms with Gasteiger partial charge in [-0.25, -0.2) is 0 Å². The van der Waals surface area contributed by atoms with Gasteiger partial charge >= 0.3 is 0 Å². The number of rotatable bonds is 2. The van der Waals surface area contributed by atoms with E-state index in [9.17, 15) is 5.11 Å². The molecule has 0 bridgehead atoms. The summed E-state index contributed by atoms with van der Waals surface area (Å²) in [6.45, 7) is 2.77. The zero-order valence-electron chi connectivity index (χ0n) is 9.89. The average Bonchev–Trinajstić information content (AvgIpc) is 2.91. The highest BCUT2D eigenvalue weighted by molar-refractivity contribution is 5.32. The maximum atomic E-state index is 9.98. The van der Waals surface area contributed by atoms with Crippen molar-refractivity contribution >= 4 is 0 Å². The third kappa shape index (κ3) is 1.78. The second kappa shape index (κ2) is 4.04. The minimum Gasteiger partial charge on any atom is -0.388 e. The molecule has 0 radical (unpaired) electrons. The Morgan fingerprint density at radius 2 is 2.47 bits per heavy atom. The maximum absolute atomic E-state index is 9.98. The molecule has 1 aliphatic rings. The molecule has 0 fully saturated rings. The summed E-state index contributed by atoms with van der Waals surface area (Å²) in [5, 5.41) is 13.7. The fraction of sp³-hybridized carbons (Fsp3) is 0.462. The minimum absolute atomic E-state index is 0.298. The lowest BCUT2D eigenvalue weighted by molar-refractivity contribution is 0.155. The number of aliphatic hydroxyl groups is 1. The van der Waals surface area contributed by atoms with E-state index >= 15 is 0 Å². The lowest BCUT2D eigenvalue weighted by atomic mass is 9.95. The highest BCUT2D eigenvalue weighted by atomic mass is 16.5. The number of aryl methyl sites for hydroxylation is 1. The molecule has 1 atom stereocenters. The Morgan fingerprint density at radius 1 is 1.59 bits per heavy atom. The summed E-state index contributed by atoms with van der Waals surface area (Å²) in [4.78, 5) is 0. The Morgan fingerprint density at radius 3 is 3.24 bits per heavy atom. The van der Waals surface area contributed by atoms with E-state index in [1.54, 1.807) is 6.20 Å². The summed E-state index contributed by atoms with van der Waals surface area (Å²) in [6, 6.07) is 3.97. The third-order valence-corrected chi connectivity index (χ3v) is 3.50. The fourth-order valence-corrected chi connectivity index (χ4v) is 2.64. The Hall–Kier alpha value is -1.55. The first-order valence-corrected chi connectivity index (χ1v) is 6.02. The van der Waals surface area contributed by atoms with Gasteiger partial charge in [0.05, 0.1) is 18.8 Å². The van der Waals surface area contributed by atoms with Crippen LogP contribution >= 0.6 is 0 Å². The molecule has 17 heavy (non-hydrogen) atoms. The molecule has 4 nitrogen and oxygen atoms in total. The molecule has 2 heterocycles. The van der Waals surface area contributed by atoms with Crippen LogP contribution in [-0.4, -0.2) is 14.8 Å². The van der Waals surface area contributed by atoms with Crippen molar-refractivity contribution in [3.05, 3.63) is 41.0 Å². The first-order valence-electron chi connectivity index (χ1n) is 6.02. The lowest BCUT2D eigenvalue weighted by Crippen LogP contribution is -2.13. The fourth-order valence-electron chi connectivity index (χ4n) is 2.64. The maximum Gasteiger partial charge on any atom is 0.156 e. The largest absolute Gasteiger partial charge is 0.388 e. The molecule has 1 aliphatic carbocycles. The van der Waals surface area contributed by atoms with Gasteiger partial charge in [0, 0.05) is 23.0 Å². The Kier molecular flexibility index (Phi) is 2.52. The second-order valence-electron chi connectivity index (χ2n) is 4.66. The molecule has 0 spiro atoms. The zero-order chi connectivity index (χ0) is 11.8. The SMILES string of the molecule is Cc1cc2c(n1Cc1ccno1)CCCC2O. The van der Waals surface area contributed by atoms with Crippen LogP contribution in [0, 0.1) is 6.92 Å². The van der Waals surface area contributed by atoms with Crippen molar-refractivity contribution < 1.29 is 9.63 Å². The number of hydrogen-bond donors (Lipinski definition) is 1. The van der Waals surface area contributed by atoms with Crippen LogP contribution in [0.5, 0.6) is 0 Å². The van der Waals surface area contributed by atoms with Gasteiger partial charge in [-0.1, -0.05) is 5.16 Å². The molecule has 0 saturated carbocycles. The minimum atomic E-state index is -0.298. The first kappa shape index (κ1) is 10.6. The van der Waals surface area contributed by atoms with E-state index in [1.807, 2.05) is 6.07 Å². The van der Waals surface area contributed by atoms with Gasteiger partial charge in [-0.05, 0) is 32.3 Å². The summed E-state index contributed by atoms with van der Waals surface area (Å²) in [5.74, 6) is 0.853. The number of nitrogens with zero attached hydrogens (tertiary/aromatic N) is 2. The van der Waals surface area contributed by atoms with Crippen LogP contribution in [0.25, 0.3) is 0 Å². The van der Waals surface area contributed by atoms with Crippen molar-refractivity contribution in [1.82, 2.24) is 9.72 Å². The van der Waals surface area contributed by atoms with Crippen LogP contribution in [0.3, 0.4) is 0 Å². The van der Waals surface area contributed by atoms with Gasteiger partial charge in [0.15, 0.2) is 5.76 Å². The molecule has 3 rings (SSSR count). The van der Waals surface area contributed by atoms with Gasteiger partial charge in [-0.3, -0.25) is 0 Å². The quantitative estimate of drug-likeness (QED) is 0.863. The van der Waals surface area contributed by atoms with Gasteiger partial charge in [0.2, 0.25) is 0 Å². The Balaban J connectivity index is 1.99. The second-order valence-corrected chi connectivity index (χ2v) is 4.66. The van der Waals surface area contributed by atoms with Gasteiger partial charge in [0.25, 0.3) is 0 Å². The van der Waals surface area contributed by atoms with Crippen molar-refractivity contribution in [2.75, 3.05) is 0 Å². The van der Waals surface area contributed by atoms with Crippen molar-refractivity contribution in [3.63, 3.8) is 0 Å². The summed E-state index contributed by atoms with van der Waals surface area (Å²) >= 11 is 0. The highest BCUT2D eigenvalue weighted by Gasteiger charge is 2.23. The number of hydrogen-bond acceptors (Lipinski definition) is 3. The highest BCUT2D eigenvalue weighted by Crippen LogP contribution is 2.32. The summed E-state index contributed by atoms with van der Waals surface area (Å²) in [7, 11) is 0. The van der Waals surface area contributed by atoms with E-state index in [-0.39, 0.29) is 6.10 Å². The van der Waals surface area contributed by atoms with E-state index < -0.39 is 0 Å². The van der Waals surface area contributed by atoms with Crippen molar-refractivity contribution in [1.29, 1.82) is 0 Å². The van der Waals surface area contributed by atoms with Gasteiger partial charge in [-0.2, -0.15) is 0 Å². The standard InChI is InChI=1S/C13H16N2O2/c1-9-7-11-12(3-2-4-13(11)16)15(9)8-10-5-6-14-17-10/h5-7,13,16H,2-4,8H2,1H3. The van der Waals surface area contributed by atoms with Crippen molar-refractivity contribution in [2.45, 2.75) is 38.8 Å². The van der Waals surface area contributed by atoms with Gasteiger partial charge < -0.3 is 14.2 Å². The predicted molar refractivity (Wildman–Crippen MR) is 62.7 cm³/mol. The third-order valence-electron chi connectivity index (χ3n) is 3.50. The molecule has 90 valence electrons. The zero-order valence-corrected chi connectivity index (χ0v) is 9.89. The first-order chi connectivity index (χ1) is 8.25. The molecular formula is C13H16N2O2. The molecule has 1 N–H and O–H groups in total. The molecule has 0 aliphatic heterocycles. The number of aliphatic hydroxyl groups excluding tert-OH is 1. The molecule has 2 aromatic rings. The van der Waals surface area contributed by atoms with E-state index in [1.165, 1.54) is 11.4 Å². The topological polar surface area (TPSA) is 51.2 Å². The van der Waals surface area contributed by atoms with Crippen LogP contribution in [0.4, 0.5) is 0 Å². The Bertz CT molecular complexity index is 514.